The van der Waals surface area contributed by atoms with Crippen LogP contribution >= 0.6 is 39.1 Å². The molecule has 0 amide bonds. The van der Waals surface area contributed by atoms with Gasteiger partial charge in [0.05, 0.1) is 10.6 Å². The topological polar surface area (TPSA) is 77.8 Å². The highest BCUT2D eigenvalue weighted by Crippen LogP contribution is 2.29. The van der Waals surface area contributed by atoms with Gasteiger partial charge in [-0.3, -0.25) is 0 Å². The largest absolute Gasteiger partial charge is 0.421 e. The molecule has 0 saturated heterocycles. The predicted octanol–water partition coefficient (Wildman–Crippen LogP) is 5.64. The van der Waals surface area contributed by atoms with Crippen molar-refractivity contribution in [1.82, 2.24) is 20.3 Å². The Morgan fingerprint density at radius 2 is 1.70 bits per heavy atom. The first-order valence-corrected chi connectivity index (χ1v) is 9.50. The average molecular weight is 466 g/mol. The molecule has 0 unspecified atom stereocenters. The SMILES string of the molecule is Clc1ccc(-c2nnc(CCc3nc(-c4ccc(Br)cc4)no3)o2)c(Cl)c1. The van der Waals surface area contributed by atoms with Crippen LogP contribution < -0.4 is 0 Å². The summed E-state index contributed by atoms with van der Waals surface area (Å²) in [5.41, 5.74) is 1.51. The van der Waals surface area contributed by atoms with Crippen LogP contribution in [0, 0.1) is 0 Å². The number of aryl methyl sites for hydroxylation is 2. The second kappa shape index (κ2) is 7.80. The number of rotatable bonds is 5. The molecule has 2 heterocycles. The summed E-state index contributed by atoms with van der Waals surface area (Å²) < 4.78 is 12.0. The fourth-order valence-corrected chi connectivity index (χ4v) is 3.17. The molecule has 0 aliphatic carbocycles. The van der Waals surface area contributed by atoms with E-state index in [0.29, 0.717) is 51.9 Å². The normalized spacial score (nSPS) is 11.1. The highest BCUT2D eigenvalue weighted by atomic mass is 79.9. The first-order chi connectivity index (χ1) is 13.1. The fraction of sp³-hybridized carbons (Fsp3) is 0.111. The van der Waals surface area contributed by atoms with E-state index in [1.807, 2.05) is 24.3 Å². The molecule has 136 valence electrons. The second-order valence-electron chi connectivity index (χ2n) is 5.64. The quantitative estimate of drug-likeness (QED) is 0.379. The van der Waals surface area contributed by atoms with Crippen LogP contribution in [0.3, 0.4) is 0 Å². The standard InChI is InChI=1S/C18H11BrCl2N4O2/c19-11-3-1-10(2-4-11)17-22-15(27-25-17)7-8-16-23-24-18(26-16)13-6-5-12(20)9-14(13)21/h1-6,9H,7-8H2. The van der Waals surface area contributed by atoms with Gasteiger partial charge in [0.15, 0.2) is 0 Å². The number of hydrogen-bond donors (Lipinski definition) is 0. The third-order valence-electron chi connectivity index (χ3n) is 3.75. The van der Waals surface area contributed by atoms with Crippen molar-refractivity contribution < 1.29 is 8.94 Å². The van der Waals surface area contributed by atoms with E-state index in [1.165, 1.54) is 0 Å². The lowest BCUT2D eigenvalue weighted by atomic mass is 10.2. The fourth-order valence-electron chi connectivity index (χ4n) is 2.41. The number of nitrogens with zero attached hydrogens (tertiary/aromatic N) is 4. The van der Waals surface area contributed by atoms with Crippen molar-refractivity contribution in [1.29, 1.82) is 0 Å². The van der Waals surface area contributed by atoms with E-state index in [2.05, 4.69) is 36.3 Å². The van der Waals surface area contributed by atoms with Crippen LogP contribution in [0.15, 0.2) is 55.9 Å². The highest BCUT2D eigenvalue weighted by Gasteiger charge is 2.14. The van der Waals surface area contributed by atoms with E-state index in [1.54, 1.807) is 18.2 Å². The van der Waals surface area contributed by atoms with Gasteiger partial charge in [0.1, 0.15) is 0 Å². The van der Waals surface area contributed by atoms with E-state index in [9.17, 15) is 0 Å². The predicted molar refractivity (Wildman–Crippen MR) is 105 cm³/mol. The van der Waals surface area contributed by atoms with Crippen LogP contribution in [-0.2, 0) is 12.8 Å². The lowest BCUT2D eigenvalue weighted by Crippen LogP contribution is -1.92. The van der Waals surface area contributed by atoms with Crippen LogP contribution in [0.1, 0.15) is 11.8 Å². The van der Waals surface area contributed by atoms with Crippen molar-refractivity contribution in [3.8, 4) is 22.8 Å². The maximum atomic E-state index is 6.17. The Kier molecular flexibility index (Phi) is 5.24. The Bertz CT molecular complexity index is 1080. The molecule has 0 saturated carbocycles. The third kappa shape index (κ3) is 4.21. The molecule has 2 aromatic carbocycles. The van der Waals surface area contributed by atoms with Gasteiger partial charge in [-0.25, -0.2) is 0 Å². The zero-order chi connectivity index (χ0) is 18.8. The molecular weight excluding hydrogens is 455 g/mol. The Morgan fingerprint density at radius 1 is 0.926 bits per heavy atom. The van der Waals surface area contributed by atoms with Gasteiger partial charge in [-0.1, -0.05) is 44.3 Å². The summed E-state index contributed by atoms with van der Waals surface area (Å²) in [7, 11) is 0. The van der Waals surface area contributed by atoms with Crippen molar-refractivity contribution in [3.63, 3.8) is 0 Å². The molecule has 9 heteroatoms. The summed E-state index contributed by atoms with van der Waals surface area (Å²) in [4.78, 5) is 4.40. The molecule has 0 radical (unpaired) electrons. The Labute approximate surface area is 172 Å². The summed E-state index contributed by atoms with van der Waals surface area (Å²) >= 11 is 15.5. The molecule has 0 fully saturated rings. The lowest BCUT2D eigenvalue weighted by Gasteiger charge is -1.98. The molecule has 27 heavy (non-hydrogen) atoms. The molecule has 0 aliphatic heterocycles. The van der Waals surface area contributed by atoms with Crippen LogP contribution in [0.4, 0.5) is 0 Å². The molecular formula is C18H11BrCl2N4O2. The van der Waals surface area contributed by atoms with E-state index in [4.69, 9.17) is 32.1 Å². The van der Waals surface area contributed by atoms with Crippen molar-refractivity contribution in [2.45, 2.75) is 12.8 Å². The van der Waals surface area contributed by atoms with Crippen molar-refractivity contribution >= 4 is 39.1 Å². The highest BCUT2D eigenvalue weighted by molar-refractivity contribution is 9.10. The van der Waals surface area contributed by atoms with E-state index >= 15 is 0 Å². The Morgan fingerprint density at radius 3 is 2.48 bits per heavy atom. The van der Waals surface area contributed by atoms with E-state index in [0.717, 1.165) is 10.0 Å². The zero-order valence-electron chi connectivity index (χ0n) is 13.7. The zero-order valence-corrected chi connectivity index (χ0v) is 16.8. The van der Waals surface area contributed by atoms with Gasteiger partial charge in [0.2, 0.25) is 23.5 Å². The maximum absolute atomic E-state index is 6.17. The van der Waals surface area contributed by atoms with E-state index in [-0.39, 0.29) is 0 Å². The molecule has 4 aromatic rings. The molecule has 2 aromatic heterocycles. The Hall–Kier alpha value is -2.22. The van der Waals surface area contributed by atoms with Gasteiger partial charge in [-0.15, -0.1) is 10.2 Å². The smallest absolute Gasteiger partial charge is 0.249 e. The molecule has 0 aliphatic rings. The van der Waals surface area contributed by atoms with Crippen LogP contribution in [0.25, 0.3) is 22.8 Å². The molecule has 0 N–H and O–H groups in total. The first-order valence-electron chi connectivity index (χ1n) is 7.95. The third-order valence-corrected chi connectivity index (χ3v) is 4.83. The van der Waals surface area contributed by atoms with Crippen molar-refractivity contribution in [2.75, 3.05) is 0 Å². The van der Waals surface area contributed by atoms with Crippen molar-refractivity contribution in [2.24, 2.45) is 0 Å². The summed E-state index contributed by atoms with van der Waals surface area (Å²) in [6.07, 6.45) is 0.958. The van der Waals surface area contributed by atoms with Gasteiger partial charge in [-0.05, 0) is 42.5 Å². The number of aromatic nitrogens is 4. The van der Waals surface area contributed by atoms with Crippen LogP contribution in [0.2, 0.25) is 10.0 Å². The lowest BCUT2D eigenvalue weighted by molar-refractivity contribution is 0.373. The first kappa shape index (κ1) is 18.2. The Balaban J connectivity index is 1.44. The maximum Gasteiger partial charge on any atom is 0.249 e. The van der Waals surface area contributed by atoms with Crippen LogP contribution in [-0.4, -0.2) is 20.3 Å². The molecule has 0 atom stereocenters. The monoisotopic (exact) mass is 464 g/mol. The van der Waals surface area contributed by atoms with Crippen LogP contribution in [0.5, 0.6) is 0 Å². The summed E-state index contributed by atoms with van der Waals surface area (Å²) in [5.74, 6) is 1.83. The van der Waals surface area contributed by atoms with Gasteiger partial charge in [0, 0.05) is 27.9 Å². The number of hydrogen-bond acceptors (Lipinski definition) is 6. The number of halogens is 3. The summed E-state index contributed by atoms with van der Waals surface area (Å²) in [6, 6.07) is 12.8. The van der Waals surface area contributed by atoms with Gasteiger partial charge < -0.3 is 8.94 Å². The summed E-state index contributed by atoms with van der Waals surface area (Å²) in [6.45, 7) is 0. The molecule has 6 nitrogen and oxygen atoms in total. The van der Waals surface area contributed by atoms with Gasteiger partial charge >= 0.3 is 0 Å². The summed E-state index contributed by atoms with van der Waals surface area (Å²) in [5, 5.41) is 13.1. The van der Waals surface area contributed by atoms with Gasteiger partial charge in [0.25, 0.3) is 0 Å². The molecule has 0 spiro atoms. The van der Waals surface area contributed by atoms with Gasteiger partial charge in [-0.2, -0.15) is 4.98 Å². The number of benzene rings is 2. The van der Waals surface area contributed by atoms with Crippen molar-refractivity contribution in [3.05, 3.63) is 68.8 Å². The minimum absolute atomic E-state index is 0.341. The minimum atomic E-state index is 0.341. The average Bonchev–Trinajstić information content (AvgIpc) is 3.30. The van der Waals surface area contributed by atoms with E-state index < -0.39 is 0 Å². The molecule has 0 bridgehead atoms. The molecule has 4 rings (SSSR count). The minimum Gasteiger partial charge on any atom is -0.421 e. The second-order valence-corrected chi connectivity index (χ2v) is 7.40.